The molecule has 0 aliphatic rings. The Bertz CT molecular complexity index is 194. The van der Waals surface area contributed by atoms with Crippen molar-refractivity contribution < 1.29 is 4.42 Å². The largest absolute Gasteiger partial charge is 0.472 e. The van der Waals surface area contributed by atoms with E-state index in [0.717, 1.165) is 12.0 Å². The predicted octanol–water partition coefficient (Wildman–Crippen LogP) is 2.86. The molecule has 0 saturated heterocycles. The summed E-state index contributed by atoms with van der Waals surface area (Å²) < 4.78 is 4.96. The molecular weight excluding hydrogens is 150 g/mol. The molecule has 1 heterocycles. The fraction of sp³-hybridized carbons (Fsp3) is 0.600. The van der Waals surface area contributed by atoms with Gasteiger partial charge in [0.05, 0.1) is 12.5 Å². The van der Waals surface area contributed by atoms with Crippen molar-refractivity contribution in [2.45, 2.75) is 38.6 Å². The van der Waals surface area contributed by atoms with Gasteiger partial charge in [-0.3, -0.25) is 0 Å². The zero-order valence-corrected chi connectivity index (χ0v) is 7.62. The van der Waals surface area contributed by atoms with Gasteiger partial charge in [-0.05, 0) is 12.5 Å². The Morgan fingerprint density at radius 2 is 2.33 bits per heavy atom. The van der Waals surface area contributed by atoms with Crippen molar-refractivity contribution in [2.24, 2.45) is 5.73 Å². The zero-order valence-electron chi connectivity index (χ0n) is 7.62. The normalized spacial score (nSPS) is 13.2. The summed E-state index contributed by atoms with van der Waals surface area (Å²) >= 11 is 0. The summed E-state index contributed by atoms with van der Waals surface area (Å²) in [4.78, 5) is 0. The summed E-state index contributed by atoms with van der Waals surface area (Å²) in [7, 11) is 0. The van der Waals surface area contributed by atoms with Crippen molar-refractivity contribution in [3.8, 4) is 0 Å². The van der Waals surface area contributed by atoms with Gasteiger partial charge in [-0.15, -0.1) is 0 Å². The molecule has 1 atom stereocenters. The Morgan fingerprint density at radius 3 is 2.92 bits per heavy atom. The summed E-state index contributed by atoms with van der Waals surface area (Å²) in [5.74, 6) is 0. The van der Waals surface area contributed by atoms with Gasteiger partial charge in [0.15, 0.2) is 0 Å². The van der Waals surface area contributed by atoms with Crippen LogP contribution < -0.4 is 5.73 Å². The van der Waals surface area contributed by atoms with E-state index in [1.807, 2.05) is 6.07 Å². The quantitative estimate of drug-likeness (QED) is 0.685. The number of hydrogen-bond acceptors (Lipinski definition) is 2. The predicted molar refractivity (Wildman–Crippen MR) is 49.8 cm³/mol. The third-order valence-electron chi connectivity index (χ3n) is 2.09. The molecule has 0 bridgehead atoms. The van der Waals surface area contributed by atoms with E-state index in [-0.39, 0.29) is 6.04 Å². The molecule has 0 aliphatic heterocycles. The second-order valence-electron chi connectivity index (χ2n) is 3.16. The van der Waals surface area contributed by atoms with E-state index in [1.165, 1.54) is 19.3 Å². The van der Waals surface area contributed by atoms with Crippen LogP contribution in [0.2, 0.25) is 0 Å². The van der Waals surface area contributed by atoms with Crippen LogP contribution in [0.3, 0.4) is 0 Å². The molecule has 0 radical (unpaired) electrons. The van der Waals surface area contributed by atoms with Crippen molar-refractivity contribution in [3.05, 3.63) is 24.2 Å². The monoisotopic (exact) mass is 167 g/mol. The Kier molecular flexibility index (Phi) is 3.88. The van der Waals surface area contributed by atoms with Crippen LogP contribution >= 0.6 is 0 Å². The average Bonchev–Trinajstić information content (AvgIpc) is 2.56. The fourth-order valence-electron chi connectivity index (χ4n) is 1.27. The van der Waals surface area contributed by atoms with Gasteiger partial charge in [0.25, 0.3) is 0 Å². The van der Waals surface area contributed by atoms with E-state index in [4.69, 9.17) is 10.2 Å². The molecule has 0 spiro atoms. The van der Waals surface area contributed by atoms with Crippen molar-refractivity contribution in [3.63, 3.8) is 0 Å². The third-order valence-corrected chi connectivity index (χ3v) is 2.09. The maximum absolute atomic E-state index is 5.92. The van der Waals surface area contributed by atoms with Gasteiger partial charge in [0.2, 0.25) is 0 Å². The number of rotatable bonds is 5. The van der Waals surface area contributed by atoms with E-state index in [0.29, 0.717) is 0 Å². The molecule has 0 aromatic carbocycles. The molecule has 0 fully saturated rings. The summed E-state index contributed by atoms with van der Waals surface area (Å²) in [5, 5.41) is 0. The molecule has 1 rings (SSSR count). The lowest BCUT2D eigenvalue weighted by Gasteiger charge is -2.07. The first-order valence-corrected chi connectivity index (χ1v) is 4.62. The van der Waals surface area contributed by atoms with Crippen molar-refractivity contribution in [1.29, 1.82) is 0 Å². The van der Waals surface area contributed by atoms with E-state index in [1.54, 1.807) is 12.5 Å². The van der Waals surface area contributed by atoms with Gasteiger partial charge < -0.3 is 10.2 Å². The van der Waals surface area contributed by atoms with Crippen LogP contribution in [0.25, 0.3) is 0 Å². The van der Waals surface area contributed by atoms with Crippen LogP contribution in [0.15, 0.2) is 23.0 Å². The minimum absolute atomic E-state index is 0.162. The van der Waals surface area contributed by atoms with Crippen molar-refractivity contribution in [1.82, 2.24) is 0 Å². The molecule has 68 valence electrons. The van der Waals surface area contributed by atoms with Crippen LogP contribution in [0.5, 0.6) is 0 Å². The molecule has 1 aromatic heterocycles. The van der Waals surface area contributed by atoms with Crippen LogP contribution in [0.4, 0.5) is 0 Å². The van der Waals surface area contributed by atoms with Gasteiger partial charge in [0, 0.05) is 11.6 Å². The lowest BCUT2D eigenvalue weighted by atomic mass is 10.0. The first kappa shape index (κ1) is 9.33. The van der Waals surface area contributed by atoms with Crippen molar-refractivity contribution >= 4 is 0 Å². The number of hydrogen-bond donors (Lipinski definition) is 1. The fourth-order valence-corrected chi connectivity index (χ4v) is 1.27. The van der Waals surface area contributed by atoms with E-state index in [2.05, 4.69) is 6.92 Å². The molecule has 2 nitrogen and oxygen atoms in total. The van der Waals surface area contributed by atoms with Gasteiger partial charge >= 0.3 is 0 Å². The van der Waals surface area contributed by atoms with Gasteiger partial charge in [-0.2, -0.15) is 0 Å². The standard InChI is InChI=1S/C10H17NO/c1-2-3-4-5-10(11)9-6-7-12-8-9/h6-8,10H,2-5,11H2,1H3/t10-/m0/s1. The SMILES string of the molecule is CCCCC[C@H](N)c1ccoc1. The maximum atomic E-state index is 5.92. The van der Waals surface area contributed by atoms with Gasteiger partial charge in [-0.1, -0.05) is 26.2 Å². The van der Waals surface area contributed by atoms with Gasteiger partial charge in [0.1, 0.15) is 0 Å². The first-order chi connectivity index (χ1) is 5.84. The van der Waals surface area contributed by atoms with Crippen LogP contribution in [0.1, 0.15) is 44.2 Å². The summed E-state index contributed by atoms with van der Waals surface area (Å²) in [6.45, 7) is 2.20. The van der Waals surface area contributed by atoms with Crippen LogP contribution in [-0.2, 0) is 0 Å². The Hall–Kier alpha value is -0.760. The van der Waals surface area contributed by atoms with E-state index in [9.17, 15) is 0 Å². The Morgan fingerprint density at radius 1 is 1.50 bits per heavy atom. The number of nitrogens with two attached hydrogens (primary N) is 1. The van der Waals surface area contributed by atoms with Crippen molar-refractivity contribution in [2.75, 3.05) is 0 Å². The van der Waals surface area contributed by atoms with Crippen LogP contribution in [-0.4, -0.2) is 0 Å². The third kappa shape index (κ3) is 2.70. The lowest BCUT2D eigenvalue weighted by Crippen LogP contribution is -2.08. The topological polar surface area (TPSA) is 39.2 Å². The Labute approximate surface area is 73.8 Å². The number of unbranched alkanes of at least 4 members (excludes halogenated alkanes) is 2. The average molecular weight is 167 g/mol. The molecule has 2 heteroatoms. The minimum Gasteiger partial charge on any atom is -0.472 e. The number of furan rings is 1. The molecule has 0 amide bonds. The first-order valence-electron chi connectivity index (χ1n) is 4.62. The smallest absolute Gasteiger partial charge is 0.0950 e. The molecule has 1 aromatic rings. The highest BCUT2D eigenvalue weighted by Gasteiger charge is 2.05. The lowest BCUT2D eigenvalue weighted by molar-refractivity contribution is 0.544. The van der Waals surface area contributed by atoms with Crippen LogP contribution in [0, 0.1) is 0 Å². The molecular formula is C10H17NO. The maximum Gasteiger partial charge on any atom is 0.0950 e. The van der Waals surface area contributed by atoms with Gasteiger partial charge in [-0.25, -0.2) is 0 Å². The minimum atomic E-state index is 0.162. The highest BCUT2D eigenvalue weighted by Crippen LogP contribution is 2.17. The molecule has 0 saturated carbocycles. The zero-order chi connectivity index (χ0) is 8.81. The summed E-state index contributed by atoms with van der Waals surface area (Å²) in [6.07, 6.45) is 8.20. The summed E-state index contributed by atoms with van der Waals surface area (Å²) in [5.41, 5.74) is 7.04. The molecule has 0 aliphatic carbocycles. The molecule has 2 N–H and O–H groups in total. The molecule has 0 unspecified atom stereocenters. The Balaban J connectivity index is 2.25. The van der Waals surface area contributed by atoms with E-state index >= 15 is 0 Å². The second kappa shape index (κ2) is 4.99. The molecule has 12 heavy (non-hydrogen) atoms. The highest BCUT2D eigenvalue weighted by atomic mass is 16.3. The van der Waals surface area contributed by atoms with E-state index < -0.39 is 0 Å². The summed E-state index contributed by atoms with van der Waals surface area (Å²) in [6, 6.07) is 2.10. The highest BCUT2D eigenvalue weighted by molar-refractivity contribution is 5.10. The second-order valence-corrected chi connectivity index (χ2v) is 3.16.